The van der Waals surface area contributed by atoms with E-state index in [1.165, 1.54) is 430 Å². The van der Waals surface area contributed by atoms with Gasteiger partial charge in [-0.25, -0.2) is 0 Å². The Morgan fingerprint density at radius 3 is 0.640 bits per heavy atom. The van der Waals surface area contributed by atoms with Crippen LogP contribution in [0.5, 0.6) is 0 Å². The van der Waals surface area contributed by atoms with Crippen molar-refractivity contribution < 1.29 is 15.0 Å². The molecule has 0 spiro atoms. The molecule has 2 unspecified atom stereocenters. The highest BCUT2D eigenvalue weighted by molar-refractivity contribution is 5.76. The van der Waals surface area contributed by atoms with Crippen molar-refractivity contribution in [1.29, 1.82) is 0 Å². The van der Waals surface area contributed by atoms with Crippen molar-refractivity contribution in [1.82, 2.24) is 5.32 Å². The lowest BCUT2D eigenvalue weighted by Gasteiger charge is -2.20. The first-order valence-corrected chi connectivity index (χ1v) is 40.6. The zero-order chi connectivity index (χ0) is 61.9. The van der Waals surface area contributed by atoms with Gasteiger partial charge in [0, 0.05) is 6.42 Å². The normalized spacial score (nSPS) is 12.7. The fourth-order valence-corrected chi connectivity index (χ4v) is 13.3. The van der Waals surface area contributed by atoms with E-state index >= 15 is 0 Å². The molecule has 0 aliphatic carbocycles. The number of nitrogens with one attached hydrogen (secondary N) is 1. The van der Waals surface area contributed by atoms with Gasteiger partial charge in [-0.2, -0.15) is 0 Å². The molecule has 0 heterocycles. The van der Waals surface area contributed by atoms with E-state index in [1.807, 2.05) is 6.08 Å². The Balaban J connectivity index is 3.36. The van der Waals surface area contributed by atoms with Crippen molar-refractivity contribution in [3.05, 3.63) is 24.3 Å². The summed E-state index contributed by atoms with van der Waals surface area (Å²) in [6.07, 6.45) is 108. The molecule has 2 atom stereocenters. The molecule has 3 N–H and O–H groups in total. The van der Waals surface area contributed by atoms with Crippen LogP contribution >= 0.6 is 0 Å². The molecule has 0 bridgehead atoms. The molecule has 0 radical (unpaired) electrons. The zero-order valence-corrected chi connectivity index (χ0v) is 59.4. The maximum atomic E-state index is 12.6. The van der Waals surface area contributed by atoms with Gasteiger partial charge in [-0.3, -0.25) is 4.79 Å². The van der Waals surface area contributed by atoms with Gasteiger partial charge in [-0.1, -0.05) is 449 Å². The first kappa shape index (κ1) is 84.9. The highest BCUT2D eigenvalue weighted by Crippen LogP contribution is 2.21. The number of aliphatic hydroxyl groups is 2. The average molecular weight is 1210 g/mol. The molecule has 0 aromatic carbocycles. The summed E-state index contributed by atoms with van der Waals surface area (Å²) in [4.78, 5) is 12.6. The number of allylic oxidation sites excluding steroid dienone is 3. The number of aliphatic hydroxyl groups excluding tert-OH is 2. The molecule has 0 aliphatic rings. The molecule has 86 heavy (non-hydrogen) atoms. The molecular formula is C82H161NO3. The molecule has 0 saturated carbocycles. The summed E-state index contributed by atoms with van der Waals surface area (Å²) in [6, 6.07) is -0.622. The van der Waals surface area contributed by atoms with Crippen LogP contribution in [-0.2, 0) is 4.79 Å². The van der Waals surface area contributed by atoms with Crippen molar-refractivity contribution in [3.63, 3.8) is 0 Å². The van der Waals surface area contributed by atoms with Crippen molar-refractivity contribution in [2.24, 2.45) is 0 Å². The predicted octanol–water partition coefficient (Wildman–Crippen LogP) is 28.1. The second-order valence-electron chi connectivity index (χ2n) is 28.2. The molecule has 0 rings (SSSR count). The Kier molecular flexibility index (Phi) is 77.1. The number of carbonyl (C=O) groups excluding carboxylic acids is 1. The second-order valence-corrected chi connectivity index (χ2v) is 28.2. The van der Waals surface area contributed by atoms with Crippen LogP contribution in [0.15, 0.2) is 24.3 Å². The van der Waals surface area contributed by atoms with Crippen LogP contribution in [-0.4, -0.2) is 34.9 Å². The number of unbranched alkanes of at least 4 members (excludes halogenated alkanes) is 68. The molecular weight excluding hydrogens is 1050 g/mol. The van der Waals surface area contributed by atoms with Gasteiger partial charge in [0.25, 0.3) is 0 Å². The molecule has 0 aromatic heterocycles. The zero-order valence-electron chi connectivity index (χ0n) is 59.4. The fraction of sp³-hybridized carbons (Fsp3) is 0.939. The van der Waals surface area contributed by atoms with E-state index in [0.717, 1.165) is 25.7 Å². The molecule has 0 aliphatic heterocycles. The summed E-state index contributed by atoms with van der Waals surface area (Å²) in [5.74, 6) is -0.0523. The van der Waals surface area contributed by atoms with Crippen LogP contribution in [0.25, 0.3) is 0 Å². The van der Waals surface area contributed by atoms with Gasteiger partial charge in [0.2, 0.25) is 5.91 Å². The molecule has 0 fully saturated rings. The maximum Gasteiger partial charge on any atom is 0.220 e. The van der Waals surface area contributed by atoms with E-state index in [0.29, 0.717) is 6.42 Å². The third kappa shape index (κ3) is 73.6. The SMILES string of the molecule is CCCCCCCCCC/C=C\CCCCCCCCCCCCCCCCCCCCCCCCCCCCCCCC(=O)NC(CO)C(O)/C=C/CCCCCCCCCCCCCCCCCCCCCCCCCCCCCCCCC. The topological polar surface area (TPSA) is 69.6 Å². The lowest BCUT2D eigenvalue weighted by atomic mass is 10.0. The predicted molar refractivity (Wildman–Crippen MR) is 387 cm³/mol. The molecule has 4 nitrogen and oxygen atoms in total. The quantitative estimate of drug-likeness (QED) is 0.0420. The third-order valence-corrected chi connectivity index (χ3v) is 19.4. The summed E-state index contributed by atoms with van der Waals surface area (Å²) >= 11 is 0. The van der Waals surface area contributed by atoms with Gasteiger partial charge >= 0.3 is 0 Å². The van der Waals surface area contributed by atoms with E-state index in [4.69, 9.17) is 0 Å². The van der Waals surface area contributed by atoms with E-state index < -0.39 is 12.1 Å². The Bertz CT molecular complexity index is 1280. The number of carbonyl (C=O) groups is 1. The number of rotatable bonds is 77. The van der Waals surface area contributed by atoms with Crippen LogP contribution in [0.2, 0.25) is 0 Å². The summed E-state index contributed by atoms with van der Waals surface area (Å²) in [6.45, 7) is 4.37. The van der Waals surface area contributed by atoms with Crippen molar-refractivity contribution in [2.45, 2.75) is 488 Å². The minimum absolute atomic E-state index is 0.0523. The van der Waals surface area contributed by atoms with Gasteiger partial charge < -0.3 is 15.5 Å². The molecule has 0 aromatic rings. The minimum Gasteiger partial charge on any atom is -0.394 e. The smallest absolute Gasteiger partial charge is 0.220 e. The lowest BCUT2D eigenvalue weighted by Crippen LogP contribution is -2.45. The summed E-state index contributed by atoms with van der Waals surface area (Å²) in [5.41, 5.74) is 0. The van der Waals surface area contributed by atoms with Crippen molar-refractivity contribution >= 4 is 5.91 Å². The first-order chi connectivity index (χ1) is 42.7. The Hall–Kier alpha value is -1.13. The van der Waals surface area contributed by atoms with Gasteiger partial charge in [0.1, 0.15) is 0 Å². The van der Waals surface area contributed by atoms with E-state index in [2.05, 4.69) is 31.3 Å². The molecule has 4 heteroatoms. The van der Waals surface area contributed by atoms with Crippen molar-refractivity contribution in [3.8, 4) is 0 Å². The van der Waals surface area contributed by atoms with Gasteiger partial charge in [0.15, 0.2) is 0 Å². The second kappa shape index (κ2) is 78.1. The van der Waals surface area contributed by atoms with Crippen LogP contribution in [0.4, 0.5) is 0 Å². The van der Waals surface area contributed by atoms with E-state index in [1.54, 1.807) is 6.08 Å². The third-order valence-electron chi connectivity index (χ3n) is 19.4. The average Bonchev–Trinajstić information content (AvgIpc) is 3.59. The molecule has 512 valence electrons. The lowest BCUT2D eigenvalue weighted by molar-refractivity contribution is -0.123. The fourth-order valence-electron chi connectivity index (χ4n) is 13.3. The molecule has 0 saturated heterocycles. The maximum absolute atomic E-state index is 12.6. The number of hydrogen-bond acceptors (Lipinski definition) is 3. The summed E-state index contributed by atoms with van der Waals surface area (Å²) in [5, 5.41) is 23.4. The monoisotopic (exact) mass is 1210 g/mol. The van der Waals surface area contributed by atoms with Crippen molar-refractivity contribution in [2.75, 3.05) is 6.61 Å². The Morgan fingerprint density at radius 1 is 0.267 bits per heavy atom. The van der Waals surface area contributed by atoms with E-state index in [9.17, 15) is 15.0 Å². The van der Waals surface area contributed by atoms with Crippen LogP contribution < -0.4 is 5.32 Å². The largest absolute Gasteiger partial charge is 0.394 e. The highest BCUT2D eigenvalue weighted by atomic mass is 16.3. The number of amides is 1. The first-order valence-electron chi connectivity index (χ1n) is 40.6. The van der Waals surface area contributed by atoms with Gasteiger partial charge in [-0.15, -0.1) is 0 Å². The summed E-state index contributed by atoms with van der Waals surface area (Å²) < 4.78 is 0. The Labute approximate surface area is 542 Å². The highest BCUT2D eigenvalue weighted by Gasteiger charge is 2.18. The van der Waals surface area contributed by atoms with Crippen LogP contribution in [0.3, 0.4) is 0 Å². The molecule has 1 amide bonds. The van der Waals surface area contributed by atoms with Crippen LogP contribution in [0.1, 0.15) is 476 Å². The standard InChI is InChI=1S/C82H161NO3/c1-3-5-7-9-11-13-15-17-19-21-23-25-27-29-31-33-35-37-38-39-40-41-42-43-44-46-48-50-52-54-56-58-60-62-64-66-68-70-72-74-76-78-82(86)83-80(79-84)81(85)77-75-73-71-69-67-65-63-61-59-57-55-53-51-49-47-45-36-34-32-30-28-26-24-22-20-18-16-14-12-10-8-6-4-2/h21,23,75,77,80-81,84-85H,3-20,22,24-74,76,78-79H2,1-2H3,(H,83,86)/b23-21-,77-75+. The van der Waals surface area contributed by atoms with Gasteiger partial charge in [0.05, 0.1) is 18.8 Å². The Morgan fingerprint density at radius 2 is 0.442 bits per heavy atom. The minimum atomic E-state index is -0.839. The van der Waals surface area contributed by atoms with E-state index in [-0.39, 0.29) is 12.5 Å². The van der Waals surface area contributed by atoms with Gasteiger partial charge in [-0.05, 0) is 44.9 Å². The van der Waals surface area contributed by atoms with Crippen LogP contribution in [0, 0.1) is 0 Å². The number of hydrogen-bond donors (Lipinski definition) is 3. The summed E-state index contributed by atoms with van der Waals surface area (Å²) in [7, 11) is 0.